The molecule has 1 aromatic carbocycles. The van der Waals surface area contributed by atoms with Crippen LogP contribution in [0, 0.1) is 0 Å². The normalized spacial score (nSPS) is 17.6. The van der Waals surface area contributed by atoms with E-state index in [0.29, 0.717) is 44.9 Å². The van der Waals surface area contributed by atoms with Crippen molar-refractivity contribution in [3.05, 3.63) is 34.5 Å². The van der Waals surface area contributed by atoms with Gasteiger partial charge < -0.3 is 19.1 Å². The van der Waals surface area contributed by atoms with Crippen LogP contribution >= 0.6 is 15.9 Å². The third-order valence-corrected chi connectivity index (χ3v) is 5.76. The lowest BCUT2D eigenvalue weighted by Gasteiger charge is -2.34. The van der Waals surface area contributed by atoms with Gasteiger partial charge in [-0.3, -0.25) is 14.4 Å². The van der Waals surface area contributed by atoms with Crippen molar-refractivity contribution in [3.8, 4) is 0 Å². The van der Waals surface area contributed by atoms with Gasteiger partial charge in [0, 0.05) is 44.7 Å². The fourth-order valence-corrected chi connectivity index (χ4v) is 4.05. The minimum Gasteiger partial charge on any atom is -0.450 e. The van der Waals surface area contributed by atoms with Gasteiger partial charge in [0.1, 0.15) is 5.58 Å². The zero-order valence-corrected chi connectivity index (χ0v) is 16.4. The van der Waals surface area contributed by atoms with E-state index in [0.717, 1.165) is 22.7 Å². The molecule has 3 amide bonds. The predicted octanol–water partition coefficient (Wildman–Crippen LogP) is 2.10. The van der Waals surface area contributed by atoms with Gasteiger partial charge in [-0.2, -0.15) is 0 Å². The van der Waals surface area contributed by atoms with Crippen LogP contribution in [0.25, 0.3) is 11.0 Å². The van der Waals surface area contributed by atoms with Crippen LogP contribution in [0.3, 0.4) is 0 Å². The molecule has 2 aliphatic heterocycles. The summed E-state index contributed by atoms with van der Waals surface area (Å²) >= 11 is 3.42. The van der Waals surface area contributed by atoms with Gasteiger partial charge in [0.15, 0.2) is 5.76 Å². The lowest BCUT2D eigenvalue weighted by molar-refractivity contribution is -0.152. The number of piperazine rings is 1. The maximum Gasteiger partial charge on any atom is 0.312 e. The van der Waals surface area contributed by atoms with Gasteiger partial charge in [-0.05, 0) is 40.9 Å². The maximum atomic E-state index is 12.7. The van der Waals surface area contributed by atoms with Crippen molar-refractivity contribution in [2.45, 2.75) is 12.8 Å². The van der Waals surface area contributed by atoms with Crippen molar-refractivity contribution in [1.82, 2.24) is 14.7 Å². The zero-order chi connectivity index (χ0) is 19.0. The molecule has 0 radical (unpaired) electrons. The van der Waals surface area contributed by atoms with E-state index in [1.54, 1.807) is 20.8 Å². The molecule has 4 rings (SSSR count). The Morgan fingerprint density at radius 1 is 0.852 bits per heavy atom. The Morgan fingerprint density at radius 2 is 1.44 bits per heavy atom. The molecule has 2 aromatic rings. The van der Waals surface area contributed by atoms with E-state index < -0.39 is 11.8 Å². The molecule has 2 saturated heterocycles. The summed E-state index contributed by atoms with van der Waals surface area (Å²) in [6.07, 6.45) is 1.91. The first-order valence-electron chi connectivity index (χ1n) is 9.10. The van der Waals surface area contributed by atoms with Crippen molar-refractivity contribution in [3.63, 3.8) is 0 Å². The van der Waals surface area contributed by atoms with Crippen LogP contribution in [0.1, 0.15) is 23.4 Å². The lowest BCUT2D eigenvalue weighted by Crippen LogP contribution is -2.54. The molecule has 8 heteroatoms. The van der Waals surface area contributed by atoms with E-state index in [2.05, 4.69) is 15.9 Å². The topological polar surface area (TPSA) is 74.1 Å². The molecule has 0 unspecified atom stereocenters. The van der Waals surface area contributed by atoms with Gasteiger partial charge >= 0.3 is 11.8 Å². The lowest BCUT2D eigenvalue weighted by atomic mass is 10.2. The highest BCUT2D eigenvalue weighted by Gasteiger charge is 2.32. The van der Waals surface area contributed by atoms with Gasteiger partial charge in [0.25, 0.3) is 5.91 Å². The number of fused-ring (bicyclic) bond motifs is 1. The van der Waals surface area contributed by atoms with Gasteiger partial charge in [-0.25, -0.2) is 0 Å². The summed E-state index contributed by atoms with van der Waals surface area (Å²) in [5.74, 6) is -0.799. The van der Waals surface area contributed by atoms with Gasteiger partial charge in [0.05, 0.1) is 4.47 Å². The van der Waals surface area contributed by atoms with E-state index in [1.165, 1.54) is 0 Å². The van der Waals surface area contributed by atoms with Crippen LogP contribution < -0.4 is 0 Å². The van der Waals surface area contributed by atoms with E-state index in [9.17, 15) is 14.4 Å². The van der Waals surface area contributed by atoms with E-state index in [-0.39, 0.29) is 11.7 Å². The summed E-state index contributed by atoms with van der Waals surface area (Å²) in [5, 5.41) is 0.859. The molecule has 2 aliphatic rings. The number of halogens is 1. The highest BCUT2D eigenvalue weighted by Crippen LogP contribution is 2.27. The molecule has 0 N–H and O–H groups in total. The Morgan fingerprint density at radius 3 is 2.07 bits per heavy atom. The Bertz CT molecular complexity index is 895. The van der Waals surface area contributed by atoms with Crippen LogP contribution in [-0.2, 0) is 9.59 Å². The highest BCUT2D eigenvalue weighted by molar-refractivity contribution is 9.10. The molecule has 142 valence electrons. The van der Waals surface area contributed by atoms with Crippen LogP contribution in [0.15, 0.2) is 33.2 Å². The number of rotatable bonds is 1. The Labute approximate surface area is 165 Å². The first-order valence-corrected chi connectivity index (χ1v) is 9.89. The van der Waals surface area contributed by atoms with Crippen LogP contribution in [0.4, 0.5) is 0 Å². The number of benzene rings is 1. The van der Waals surface area contributed by atoms with Crippen molar-refractivity contribution in [1.29, 1.82) is 0 Å². The Balaban J connectivity index is 1.39. The van der Waals surface area contributed by atoms with E-state index in [1.807, 2.05) is 18.2 Å². The van der Waals surface area contributed by atoms with Gasteiger partial charge in [-0.15, -0.1) is 0 Å². The van der Waals surface area contributed by atoms with Crippen LogP contribution in [0.5, 0.6) is 0 Å². The number of hydrogen-bond acceptors (Lipinski definition) is 4. The largest absolute Gasteiger partial charge is 0.450 e. The molecule has 0 spiro atoms. The standard InChI is InChI=1S/C19H20BrN3O4/c20-14-5-3-4-13-12-15(27-16(13)14)17(24)22-8-10-23(11-9-22)19(26)18(25)21-6-1-2-7-21/h3-5,12H,1-2,6-11H2. The minimum absolute atomic E-state index is 0.198. The summed E-state index contributed by atoms with van der Waals surface area (Å²) in [7, 11) is 0. The van der Waals surface area contributed by atoms with E-state index in [4.69, 9.17) is 4.42 Å². The zero-order valence-electron chi connectivity index (χ0n) is 14.8. The number of likely N-dealkylation sites (tertiary alicyclic amines) is 1. The van der Waals surface area contributed by atoms with E-state index >= 15 is 0 Å². The second-order valence-corrected chi connectivity index (χ2v) is 7.71. The van der Waals surface area contributed by atoms with Crippen molar-refractivity contribution >= 4 is 44.6 Å². The summed E-state index contributed by atoms with van der Waals surface area (Å²) in [5.41, 5.74) is 0.644. The third kappa shape index (κ3) is 3.45. The fraction of sp³-hybridized carbons (Fsp3) is 0.421. The second-order valence-electron chi connectivity index (χ2n) is 6.85. The Kier molecular flexibility index (Phi) is 4.90. The molecule has 7 nitrogen and oxygen atoms in total. The third-order valence-electron chi connectivity index (χ3n) is 5.14. The first kappa shape index (κ1) is 18.0. The average Bonchev–Trinajstić information content (AvgIpc) is 3.37. The highest BCUT2D eigenvalue weighted by atomic mass is 79.9. The molecular weight excluding hydrogens is 414 g/mol. The maximum absolute atomic E-state index is 12.7. The monoisotopic (exact) mass is 433 g/mol. The van der Waals surface area contributed by atoms with Crippen molar-refractivity contribution in [2.75, 3.05) is 39.3 Å². The first-order chi connectivity index (χ1) is 13.0. The van der Waals surface area contributed by atoms with Gasteiger partial charge in [-0.1, -0.05) is 12.1 Å². The molecule has 3 heterocycles. The smallest absolute Gasteiger partial charge is 0.312 e. The molecule has 0 saturated carbocycles. The van der Waals surface area contributed by atoms with Crippen LogP contribution in [-0.4, -0.2) is 71.7 Å². The number of hydrogen-bond donors (Lipinski definition) is 0. The fourth-order valence-electron chi connectivity index (χ4n) is 3.59. The summed E-state index contributed by atoms with van der Waals surface area (Å²) in [6.45, 7) is 2.80. The summed E-state index contributed by atoms with van der Waals surface area (Å²) < 4.78 is 6.52. The number of carbonyl (C=O) groups excluding carboxylic acids is 3. The number of nitrogens with zero attached hydrogens (tertiary/aromatic N) is 3. The quantitative estimate of drug-likeness (QED) is 0.645. The second kappa shape index (κ2) is 7.34. The molecule has 1 aromatic heterocycles. The predicted molar refractivity (Wildman–Crippen MR) is 102 cm³/mol. The molecule has 0 aliphatic carbocycles. The molecule has 0 atom stereocenters. The number of amides is 3. The Hall–Kier alpha value is -2.35. The molecule has 0 bridgehead atoms. The minimum atomic E-state index is -0.461. The molecular formula is C19H20BrN3O4. The summed E-state index contributed by atoms with van der Waals surface area (Å²) in [4.78, 5) is 42.2. The van der Waals surface area contributed by atoms with Crippen molar-refractivity contribution < 1.29 is 18.8 Å². The van der Waals surface area contributed by atoms with Gasteiger partial charge in [0.2, 0.25) is 0 Å². The van der Waals surface area contributed by atoms with Crippen LogP contribution in [0.2, 0.25) is 0 Å². The van der Waals surface area contributed by atoms with Crippen molar-refractivity contribution in [2.24, 2.45) is 0 Å². The number of carbonyl (C=O) groups is 3. The number of para-hydroxylation sites is 1. The number of furan rings is 1. The SMILES string of the molecule is O=C(C(=O)N1CCN(C(=O)c2cc3cccc(Br)c3o2)CC1)N1CCCC1. The molecule has 2 fully saturated rings. The molecule has 27 heavy (non-hydrogen) atoms. The average molecular weight is 434 g/mol. The summed E-state index contributed by atoms with van der Waals surface area (Å²) in [6, 6.07) is 7.37.